The van der Waals surface area contributed by atoms with Gasteiger partial charge < -0.3 is 10.4 Å². The van der Waals surface area contributed by atoms with Crippen LogP contribution in [0.2, 0.25) is 0 Å². The van der Waals surface area contributed by atoms with E-state index in [2.05, 4.69) is 10.3 Å². The zero-order valence-electron chi connectivity index (χ0n) is 10.9. The van der Waals surface area contributed by atoms with E-state index < -0.39 is 17.8 Å². The van der Waals surface area contributed by atoms with Crippen molar-refractivity contribution in [1.29, 1.82) is 5.26 Å². The molecular weight excluding hydrogens is 258 g/mol. The van der Waals surface area contributed by atoms with Gasteiger partial charge >= 0.3 is 5.97 Å². The zero-order chi connectivity index (χ0) is 14.5. The first-order chi connectivity index (χ1) is 9.61. The number of carboxylic acid groups (broad SMARTS) is 1. The number of carboxylic acids is 1. The third kappa shape index (κ3) is 3.12. The van der Waals surface area contributed by atoms with E-state index in [1.54, 1.807) is 0 Å². The highest BCUT2D eigenvalue weighted by atomic mass is 16.4. The quantitative estimate of drug-likeness (QED) is 0.864. The molecule has 0 radical (unpaired) electrons. The molecule has 2 atom stereocenters. The van der Waals surface area contributed by atoms with E-state index in [1.807, 2.05) is 6.07 Å². The molecular formula is C14H15N3O3. The Balaban J connectivity index is 2.05. The fourth-order valence-corrected chi connectivity index (χ4v) is 2.44. The lowest BCUT2D eigenvalue weighted by atomic mass is 9.84. The average Bonchev–Trinajstić information content (AvgIpc) is 2.47. The normalized spacial score (nSPS) is 21.8. The molecule has 0 bridgehead atoms. The Bertz CT molecular complexity index is 548. The van der Waals surface area contributed by atoms with E-state index in [4.69, 9.17) is 10.4 Å². The van der Waals surface area contributed by atoms with Crippen molar-refractivity contribution in [2.24, 2.45) is 5.92 Å². The minimum Gasteiger partial charge on any atom is -0.481 e. The number of carbonyl (C=O) groups is 2. The highest BCUT2D eigenvalue weighted by Crippen LogP contribution is 2.24. The molecule has 1 aliphatic carbocycles. The smallest absolute Gasteiger partial charge is 0.308 e. The SMILES string of the molecule is N#Cc1ccc(C(=O)NC2CCCCC2C(=O)O)nc1. The lowest BCUT2D eigenvalue weighted by Crippen LogP contribution is -2.45. The number of hydrogen-bond acceptors (Lipinski definition) is 4. The van der Waals surface area contributed by atoms with Gasteiger partial charge in [-0.25, -0.2) is 4.98 Å². The first-order valence-electron chi connectivity index (χ1n) is 6.51. The van der Waals surface area contributed by atoms with Crippen molar-refractivity contribution < 1.29 is 14.7 Å². The Hall–Kier alpha value is -2.42. The van der Waals surface area contributed by atoms with Gasteiger partial charge in [-0.15, -0.1) is 0 Å². The highest BCUT2D eigenvalue weighted by molar-refractivity contribution is 5.92. The molecule has 104 valence electrons. The van der Waals surface area contributed by atoms with Crippen molar-refractivity contribution in [3.63, 3.8) is 0 Å². The number of pyridine rings is 1. The fraction of sp³-hybridized carbons (Fsp3) is 0.429. The molecule has 1 aromatic heterocycles. The van der Waals surface area contributed by atoms with E-state index in [0.717, 1.165) is 12.8 Å². The molecule has 0 spiro atoms. The van der Waals surface area contributed by atoms with Gasteiger partial charge in [-0.3, -0.25) is 9.59 Å². The fourth-order valence-electron chi connectivity index (χ4n) is 2.44. The molecule has 1 fully saturated rings. The molecule has 1 heterocycles. The number of carbonyl (C=O) groups excluding carboxylic acids is 1. The van der Waals surface area contributed by atoms with Crippen LogP contribution in [0.25, 0.3) is 0 Å². The van der Waals surface area contributed by atoms with Crippen LogP contribution in [0, 0.1) is 17.2 Å². The van der Waals surface area contributed by atoms with Gasteiger partial charge in [0.1, 0.15) is 11.8 Å². The van der Waals surface area contributed by atoms with E-state index in [0.29, 0.717) is 18.4 Å². The van der Waals surface area contributed by atoms with Crippen LogP contribution in [0.4, 0.5) is 0 Å². The summed E-state index contributed by atoms with van der Waals surface area (Å²) in [6.07, 6.45) is 4.36. The largest absolute Gasteiger partial charge is 0.481 e. The number of nitrogens with zero attached hydrogens (tertiary/aromatic N) is 2. The topological polar surface area (TPSA) is 103 Å². The molecule has 2 N–H and O–H groups in total. The lowest BCUT2D eigenvalue weighted by molar-refractivity contribution is -0.143. The number of hydrogen-bond donors (Lipinski definition) is 2. The number of amides is 1. The first-order valence-corrected chi connectivity index (χ1v) is 6.51. The Morgan fingerprint density at radius 2 is 2.10 bits per heavy atom. The van der Waals surface area contributed by atoms with Crippen LogP contribution in [0.1, 0.15) is 41.7 Å². The summed E-state index contributed by atoms with van der Waals surface area (Å²) in [6, 6.07) is 4.55. The lowest BCUT2D eigenvalue weighted by Gasteiger charge is -2.29. The maximum Gasteiger partial charge on any atom is 0.308 e. The number of aromatic nitrogens is 1. The number of rotatable bonds is 3. The molecule has 0 aromatic carbocycles. The summed E-state index contributed by atoms with van der Waals surface area (Å²) in [5, 5.41) is 20.6. The van der Waals surface area contributed by atoms with Crippen LogP contribution in [0.5, 0.6) is 0 Å². The van der Waals surface area contributed by atoms with Crippen molar-refractivity contribution in [3.05, 3.63) is 29.6 Å². The second-order valence-corrected chi connectivity index (χ2v) is 4.85. The van der Waals surface area contributed by atoms with Crippen molar-refractivity contribution >= 4 is 11.9 Å². The number of nitrogens with one attached hydrogen (secondary N) is 1. The number of aliphatic carboxylic acids is 1. The van der Waals surface area contributed by atoms with Crippen LogP contribution >= 0.6 is 0 Å². The van der Waals surface area contributed by atoms with Crippen molar-refractivity contribution in [2.75, 3.05) is 0 Å². The van der Waals surface area contributed by atoms with Gasteiger partial charge in [0, 0.05) is 12.2 Å². The maximum absolute atomic E-state index is 12.0. The summed E-state index contributed by atoms with van der Waals surface area (Å²) in [7, 11) is 0. The predicted molar refractivity (Wildman–Crippen MR) is 69.8 cm³/mol. The second kappa shape index (κ2) is 6.15. The van der Waals surface area contributed by atoms with Gasteiger partial charge in [-0.2, -0.15) is 5.26 Å². The molecule has 6 heteroatoms. The van der Waals surface area contributed by atoms with Gasteiger partial charge in [0.15, 0.2) is 0 Å². The van der Waals surface area contributed by atoms with Crippen LogP contribution in [-0.4, -0.2) is 28.0 Å². The van der Waals surface area contributed by atoms with Crippen LogP contribution in [-0.2, 0) is 4.79 Å². The Morgan fingerprint density at radius 3 is 2.70 bits per heavy atom. The molecule has 1 aromatic rings. The van der Waals surface area contributed by atoms with Gasteiger partial charge in [0.2, 0.25) is 0 Å². The van der Waals surface area contributed by atoms with E-state index in [1.165, 1.54) is 18.3 Å². The highest BCUT2D eigenvalue weighted by Gasteiger charge is 2.32. The van der Waals surface area contributed by atoms with Gasteiger partial charge in [-0.1, -0.05) is 12.8 Å². The molecule has 0 aliphatic heterocycles. The van der Waals surface area contributed by atoms with E-state index in [-0.39, 0.29) is 11.7 Å². The summed E-state index contributed by atoms with van der Waals surface area (Å²) in [6.45, 7) is 0. The van der Waals surface area contributed by atoms with Crippen LogP contribution < -0.4 is 5.32 Å². The van der Waals surface area contributed by atoms with Crippen molar-refractivity contribution in [3.8, 4) is 6.07 Å². The Kier molecular flexibility index (Phi) is 4.31. The second-order valence-electron chi connectivity index (χ2n) is 4.85. The maximum atomic E-state index is 12.0. The Labute approximate surface area is 116 Å². The summed E-state index contributed by atoms with van der Waals surface area (Å²) in [5.41, 5.74) is 0.571. The first kappa shape index (κ1) is 14.0. The van der Waals surface area contributed by atoms with Gasteiger partial charge in [0.05, 0.1) is 11.5 Å². The van der Waals surface area contributed by atoms with Gasteiger partial charge in [-0.05, 0) is 25.0 Å². The average molecular weight is 273 g/mol. The minimum atomic E-state index is -0.872. The van der Waals surface area contributed by atoms with E-state index in [9.17, 15) is 9.59 Å². The molecule has 1 amide bonds. The van der Waals surface area contributed by atoms with E-state index >= 15 is 0 Å². The standard InChI is InChI=1S/C14H15N3O3/c15-7-9-5-6-12(16-8-9)13(18)17-11-4-2-1-3-10(11)14(19)20/h5-6,8,10-11H,1-4H2,(H,17,18)(H,19,20). The molecule has 2 unspecified atom stereocenters. The third-order valence-electron chi connectivity index (χ3n) is 3.52. The van der Waals surface area contributed by atoms with Crippen molar-refractivity contribution in [2.45, 2.75) is 31.7 Å². The molecule has 6 nitrogen and oxygen atoms in total. The number of nitriles is 1. The minimum absolute atomic E-state index is 0.193. The summed E-state index contributed by atoms with van der Waals surface area (Å²) in [5.74, 6) is -1.80. The van der Waals surface area contributed by atoms with Crippen molar-refractivity contribution in [1.82, 2.24) is 10.3 Å². The summed E-state index contributed by atoms with van der Waals surface area (Å²) in [4.78, 5) is 27.1. The molecule has 20 heavy (non-hydrogen) atoms. The molecule has 1 aliphatic rings. The van der Waals surface area contributed by atoms with Gasteiger partial charge in [0.25, 0.3) is 5.91 Å². The summed E-state index contributed by atoms with van der Waals surface area (Å²) >= 11 is 0. The van der Waals surface area contributed by atoms with Crippen LogP contribution in [0.3, 0.4) is 0 Å². The monoisotopic (exact) mass is 273 g/mol. The molecule has 0 saturated heterocycles. The molecule has 2 rings (SSSR count). The Morgan fingerprint density at radius 1 is 1.35 bits per heavy atom. The predicted octanol–water partition coefficient (Wildman–Crippen LogP) is 1.33. The molecule has 1 saturated carbocycles. The van der Waals surface area contributed by atoms with Crippen LogP contribution in [0.15, 0.2) is 18.3 Å². The zero-order valence-corrected chi connectivity index (χ0v) is 10.9. The summed E-state index contributed by atoms with van der Waals surface area (Å²) < 4.78 is 0. The third-order valence-corrected chi connectivity index (χ3v) is 3.52.